The van der Waals surface area contributed by atoms with Crippen LogP contribution >= 0.6 is 11.3 Å². The molecule has 2 N–H and O–H groups in total. The van der Waals surface area contributed by atoms with Gasteiger partial charge in [0.25, 0.3) is 0 Å². The molecule has 2 amide bonds. The van der Waals surface area contributed by atoms with Gasteiger partial charge in [0.05, 0.1) is 18.5 Å². The van der Waals surface area contributed by atoms with E-state index in [1.165, 1.54) is 11.3 Å². The first kappa shape index (κ1) is 17.8. The van der Waals surface area contributed by atoms with E-state index in [9.17, 15) is 9.59 Å². The van der Waals surface area contributed by atoms with Crippen LogP contribution in [0.1, 0.15) is 16.8 Å². The zero-order valence-corrected chi connectivity index (χ0v) is 15.2. The molecule has 0 aliphatic rings. The Morgan fingerprint density at radius 2 is 1.73 bits per heavy atom. The van der Waals surface area contributed by atoms with Gasteiger partial charge >= 0.3 is 0 Å². The molecule has 6 heteroatoms. The van der Waals surface area contributed by atoms with Gasteiger partial charge in [-0.25, -0.2) is 4.98 Å². The fourth-order valence-electron chi connectivity index (χ4n) is 2.48. The van der Waals surface area contributed by atoms with Crippen LogP contribution < -0.4 is 10.6 Å². The van der Waals surface area contributed by atoms with Crippen molar-refractivity contribution in [2.24, 2.45) is 0 Å². The molecule has 0 spiro atoms. The van der Waals surface area contributed by atoms with Crippen molar-refractivity contribution in [2.75, 3.05) is 10.6 Å². The van der Waals surface area contributed by atoms with Gasteiger partial charge in [-0.3, -0.25) is 9.59 Å². The summed E-state index contributed by atoms with van der Waals surface area (Å²) >= 11 is 1.32. The van der Waals surface area contributed by atoms with E-state index >= 15 is 0 Å². The van der Waals surface area contributed by atoms with Crippen LogP contribution in [-0.4, -0.2) is 16.8 Å². The van der Waals surface area contributed by atoms with Crippen molar-refractivity contribution in [3.8, 4) is 0 Å². The molecular weight excluding hydrogens is 346 g/mol. The number of carbonyl (C=O) groups excluding carboxylic acids is 2. The van der Waals surface area contributed by atoms with Gasteiger partial charge in [0.1, 0.15) is 0 Å². The molecule has 1 aromatic heterocycles. The third-order valence-corrected chi connectivity index (χ3v) is 4.46. The fourth-order valence-corrected chi connectivity index (χ4v) is 3.21. The molecule has 0 atom stereocenters. The number of thiazole rings is 1. The first-order valence-corrected chi connectivity index (χ1v) is 9.11. The Morgan fingerprint density at radius 3 is 2.50 bits per heavy atom. The smallest absolute Gasteiger partial charge is 0.230 e. The monoisotopic (exact) mass is 365 g/mol. The van der Waals surface area contributed by atoms with Gasteiger partial charge in [0.2, 0.25) is 11.8 Å². The summed E-state index contributed by atoms with van der Waals surface area (Å²) in [4.78, 5) is 28.5. The van der Waals surface area contributed by atoms with Crippen molar-refractivity contribution in [1.82, 2.24) is 4.98 Å². The molecule has 5 nitrogen and oxygen atoms in total. The number of aromatic nitrogens is 1. The number of amides is 2. The molecular formula is C20H19N3O2S. The van der Waals surface area contributed by atoms with Crippen LogP contribution in [0, 0.1) is 6.92 Å². The third-order valence-electron chi connectivity index (χ3n) is 3.65. The Hall–Kier alpha value is -2.99. The number of benzene rings is 2. The molecule has 1 heterocycles. The molecule has 132 valence electrons. The molecule has 0 aliphatic carbocycles. The van der Waals surface area contributed by atoms with Gasteiger partial charge < -0.3 is 10.6 Å². The molecule has 0 radical (unpaired) electrons. The van der Waals surface area contributed by atoms with Gasteiger partial charge in [0, 0.05) is 11.1 Å². The SMILES string of the molecule is Cc1cccc(NC(=O)Cc2csc(NC(=O)Cc3ccccc3)n2)c1. The van der Waals surface area contributed by atoms with Gasteiger partial charge in [0.15, 0.2) is 5.13 Å². The maximum Gasteiger partial charge on any atom is 0.230 e. The van der Waals surface area contributed by atoms with Gasteiger partial charge in [-0.1, -0.05) is 42.5 Å². The second kappa shape index (κ2) is 8.40. The van der Waals surface area contributed by atoms with E-state index in [4.69, 9.17) is 0 Å². The highest BCUT2D eigenvalue weighted by Crippen LogP contribution is 2.17. The van der Waals surface area contributed by atoms with Crippen LogP contribution in [0.2, 0.25) is 0 Å². The van der Waals surface area contributed by atoms with E-state index in [1.807, 2.05) is 61.5 Å². The van der Waals surface area contributed by atoms with Crippen molar-refractivity contribution in [2.45, 2.75) is 19.8 Å². The minimum atomic E-state index is -0.136. The van der Waals surface area contributed by atoms with E-state index in [0.29, 0.717) is 17.2 Å². The Kier molecular flexibility index (Phi) is 5.76. The lowest BCUT2D eigenvalue weighted by Crippen LogP contribution is -2.16. The topological polar surface area (TPSA) is 71.1 Å². The molecule has 26 heavy (non-hydrogen) atoms. The number of hydrogen-bond donors (Lipinski definition) is 2. The largest absolute Gasteiger partial charge is 0.326 e. The van der Waals surface area contributed by atoms with E-state index in [-0.39, 0.29) is 18.2 Å². The van der Waals surface area contributed by atoms with Crippen molar-refractivity contribution in [3.63, 3.8) is 0 Å². The molecule has 0 saturated carbocycles. The molecule has 2 aromatic carbocycles. The van der Waals surface area contributed by atoms with Crippen molar-refractivity contribution in [3.05, 3.63) is 76.8 Å². The Morgan fingerprint density at radius 1 is 0.962 bits per heavy atom. The molecule has 0 unspecified atom stereocenters. The zero-order chi connectivity index (χ0) is 18.4. The Bertz CT molecular complexity index is 906. The maximum absolute atomic E-state index is 12.1. The number of nitrogens with one attached hydrogen (secondary N) is 2. The quantitative estimate of drug-likeness (QED) is 0.698. The highest BCUT2D eigenvalue weighted by molar-refractivity contribution is 7.13. The van der Waals surface area contributed by atoms with E-state index in [2.05, 4.69) is 15.6 Å². The van der Waals surface area contributed by atoms with Crippen LogP contribution in [0.5, 0.6) is 0 Å². The van der Waals surface area contributed by atoms with Crippen LogP contribution in [0.15, 0.2) is 60.0 Å². The summed E-state index contributed by atoms with van der Waals surface area (Å²) < 4.78 is 0. The van der Waals surface area contributed by atoms with Crippen molar-refractivity contribution >= 4 is 34.0 Å². The lowest BCUT2D eigenvalue weighted by Gasteiger charge is -2.04. The lowest BCUT2D eigenvalue weighted by molar-refractivity contribution is -0.116. The summed E-state index contributed by atoms with van der Waals surface area (Å²) in [6.07, 6.45) is 0.461. The minimum absolute atomic E-state index is 0.124. The summed E-state index contributed by atoms with van der Waals surface area (Å²) in [5.41, 5.74) is 3.43. The summed E-state index contributed by atoms with van der Waals surface area (Å²) in [6, 6.07) is 17.2. The molecule has 3 rings (SSSR count). The van der Waals surface area contributed by atoms with E-state index in [1.54, 1.807) is 5.38 Å². The third kappa shape index (κ3) is 5.26. The van der Waals surface area contributed by atoms with Crippen LogP contribution in [0.3, 0.4) is 0 Å². The molecule has 0 fully saturated rings. The fraction of sp³-hybridized carbons (Fsp3) is 0.150. The van der Waals surface area contributed by atoms with Gasteiger partial charge in [-0.05, 0) is 30.2 Å². The number of carbonyl (C=O) groups is 2. The zero-order valence-electron chi connectivity index (χ0n) is 14.4. The second-order valence-electron chi connectivity index (χ2n) is 5.95. The number of hydrogen-bond acceptors (Lipinski definition) is 4. The summed E-state index contributed by atoms with van der Waals surface area (Å²) in [7, 11) is 0. The van der Waals surface area contributed by atoms with Gasteiger partial charge in [-0.15, -0.1) is 11.3 Å². The highest BCUT2D eigenvalue weighted by atomic mass is 32.1. The number of rotatable bonds is 6. The molecule has 3 aromatic rings. The van der Waals surface area contributed by atoms with E-state index < -0.39 is 0 Å². The summed E-state index contributed by atoms with van der Waals surface area (Å²) in [6.45, 7) is 1.97. The summed E-state index contributed by atoms with van der Waals surface area (Å²) in [5.74, 6) is -0.260. The average molecular weight is 365 g/mol. The normalized spacial score (nSPS) is 10.3. The van der Waals surface area contributed by atoms with E-state index in [0.717, 1.165) is 16.8 Å². The molecule has 0 saturated heterocycles. The number of aryl methyl sites for hydroxylation is 1. The standard InChI is InChI=1S/C20H19N3O2S/c1-14-6-5-9-16(10-14)21-19(25)12-17-13-26-20(22-17)23-18(24)11-15-7-3-2-4-8-15/h2-10,13H,11-12H2,1H3,(H,21,25)(H,22,23,24). The second-order valence-corrected chi connectivity index (χ2v) is 6.81. The predicted molar refractivity (Wildman–Crippen MR) is 104 cm³/mol. The van der Waals surface area contributed by atoms with Gasteiger partial charge in [-0.2, -0.15) is 0 Å². The first-order chi connectivity index (χ1) is 12.6. The molecule has 0 bridgehead atoms. The van der Waals surface area contributed by atoms with Crippen molar-refractivity contribution < 1.29 is 9.59 Å². The predicted octanol–water partition coefficient (Wildman–Crippen LogP) is 3.81. The first-order valence-electron chi connectivity index (χ1n) is 8.23. The lowest BCUT2D eigenvalue weighted by atomic mass is 10.1. The minimum Gasteiger partial charge on any atom is -0.326 e. The Balaban J connectivity index is 1.52. The van der Waals surface area contributed by atoms with Crippen LogP contribution in [0.4, 0.5) is 10.8 Å². The number of nitrogens with zero attached hydrogens (tertiary/aromatic N) is 1. The number of anilines is 2. The average Bonchev–Trinajstić information content (AvgIpc) is 3.02. The Labute approximate surface area is 156 Å². The highest BCUT2D eigenvalue weighted by Gasteiger charge is 2.10. The van der Waals surface area contributed by atoms with Crippen LogP contribution in [0.25, 0.3) is 0 Å². The van der Waals surface area contributed by atoms with Crippen molar-refractivity contribution in [1.29, 1.82) is 0 Å². The maximum atomic E-state index is 12.1. The van der Waals surface area contributed by atoms with Crippen LogP contribution in [-0.2, 0) is 22.4 Å². The summed E-state index contributed by atoms with van der Waals surface area (Å²) in [5, 5.41) is 7.92. The molecule has 0 aliphatic heterocycles.